The molecule has 0 bridgehead atoms. The van der Waals surface area contributed by atoms with Crippen molar-refractivity contribution in [1.82, 2.24) is 9.55 Å². The van der Waals surface area contributed by atoms with E-state index in [1.54, 1.807) is 0 Å². The third-order valence-electron chi connectivity index (χ3n) is 5.30. The molecular weight excluding hydrogens is 392 g/mol. The molecule has 1 aromatic carbocycles. The van der Waals surface area contributed by atoms with Crippen molar-refractivity contribution in [3.8, 4) is 0 Å². The Morgan fingerprint density at radius 1 is 1.17 bits per heavy atom. The number of H-pyrrole nitrogens is 1. The van der Waals surface area contributed by atoms with Crippen molar-refractivity contribution in [2.75, 3.05) is 13.7 Å². The summed E-state index contributed by atoms with van der Waals surface area (Å²) in [5.74, 6) is -0.743. The molecule has 2 saturated heterocycles. The van der Waals surface area contributed by atoms with Crippen molar-refractivity contribution in [2.24, 2.45) is 0 Å². The maximum atomic E-state index is 12.4. The predicted molar refractivity (Wildman–Crippen MR) is 106 cm³/mol. The van der Waals surface area contributed by atoms with E-state index in [-0.39, 0.29) is 0 Å². The standard InChI is InChI=1S/C21H26N2O7/c1-21(2)28-12-14(30-21)16-17(27-11-13-7-5-4-6-8-13)18(26-3)19(29-16)23-10-9-15(24)22-20(23)25/h4-10,14,16-19H,11-12H2,1-3H3,(H,22,24,25)/t14?,16-,17?,18?,19-/m1/s1. The minimum atomic E-state index is -0.794. The first-order valence-electron chi connectivity index (χ1n) is 9.85. The zero-order valence-corrected chi connectivity index (χ0v) is 17.1. The molecule has 2 aromatic rings. The topological polar surface area (TPSA) is 101 Å². The van der Waals surface area contributed by atoms with Crippen LogP contribution in [-0.4, -0.2) is 53.5 Å². The van der Waals surface area contributed by atoms with Gasteiger partial charge in [-0.25, -0.2) is 4.79 Å². The van der Waals surface area contributed by atoms with E-state index in [1.165, 1.54) is 23.9 Å². The molecular formula is C21H26N2O7. The number of aromatic amines is 1. The van der Waals surface area contributed by atoms with Gasteiger partial charge >= 0.3 is 5.69 Å². The van der Waals surface area contributed by atoms with Crippen molar-refractivity contribution in [1.29, 1.82) is 0 Å². The summed E-state index contributed by atoms with van der Waals surface area (Å²) in [6.07, 6.45) is -1.47. The van der Waals surface area contributed by atoms with Gasteiger partial charge in [-0.05, 0) is 19.4 Å². The van der Waals surface area contributed by atoms with Crippen LogP contribution in [0.5, 0.6) is 0 Å². The molecule has 9 nitrogen and oxygen atoms in total. The van der Waals surface area contributed by atoms with Crippen LogP contribution in [0.4, 0.5) is 0 Å². The Hall–Kier alpha value is -2.30. The van der Waals surface area contributed by atoms with Crippen molar-refractivity contribution in [2.45, 2.75) is 56.9 Å². The van der Waals surface area contributed by atoms with Crippen molar-refractivity contribution < 1.29 is 23.7 Å². The van der Waals surface area contributed by atoms with Gasteiger partial charge in [-0.1, -0.05) is 30.3 Å². The third-order valence-corrected chi connectivity index (χ3v) is 5.30. The molecule has 162 valence electrons. The highest BCUT2D eigenvalue weighted by Gasteiger charge is 2.53. The number of rotatable bonds is 6. The summed E-state index contributed by atoms with van der Waals surface area (Å²) >= 11 is 0. The minimum Gasteiger partial charge on any atom is -0.374 e. The minimum absolute atomic E-state index is 0.326. The number of nitrogens with zero attached hydrogens (tertiary/aromatic N) is 1. The van der Waals surface area contributed by atoms with E-state index in [1.807, 2.05) is 44.2 Å². The zero-order chi connectivity index (χ0) is 21.3. The van der Waals surface area contributed by atoms with Gasteiger partial charge < -0.3 is 23.7 Å². The summed E-state index contributed by atoms with van der Waals surface area (Å²) in [5, 5.41) is 0. The van der Waals surface area contributed by atoms with Crippen LogP contribution in [0.2, 0.25) is 0 Å². The Morgan fingerprint density at radius 3 is 2.57 bits per heavy atom. The van der Waals surface area contributed by atoms with Crippen LogP contribution in [0, 0.1) is 0 Å². The molecule has 30 heavy (non-hydrogen) atoms. The SMILES string of the molecule is COC1C(OCc2ccccc2)[C@@H](C2COC(C)(C)O2)O[C@H]1n1ccc(=O)[nH]c1=O. The Morgan fingerprint density at radius 2 is 1.93 bits per heavy atom. The lowest BCUT2D eigenvalue weighted by Gasteiger charge is -2.26. The second-order valence-electron chi connectivity index (χ2n) is 7.84. The van der Waals surface area contributed by atoms with Gasteiger partial charge in [0.15, 0.2) is 12.0 Å². The number of hydrogen-bond acceptors (Lipinski definition) is 7. The summed E-state index contributed by atoms with van der Waals surface area (Å²) < 4.78 is 31.2. The molecule has 2 fully saturated rings. The van der Waals surface area contributed by atoms with Gasteiger partial charge in [-0.2, -0.15) is 0 Å². The highest BCUT2D eigenvalue weighted by molar-refractivity contribution is 5.13. The molecule has 9 heteroatoms. The van der Waals surface area contributed by atoms with Crippen LogP contribution in [-0.2, 0) is 30.3 Å². The van der Waals surface area contributed by atoms with E-state index in [9.17, 15) is 9.59 Å². The van der Waals surface area contributed by atoms with E-state index in [2.05, 4.69) is 4.98 Å². The summed E-state index contributed by atoms with van der Waals surface area (Å²) in [4.78, 5) is 26.1. The average Bonchev–Trinajstić information content (AvgIpc) is 3.26. The van der Waals surface area contributed by atoms with Crippen LogP contribution in [0.25, 0.3) is 0 Å². The van der Waals surface area contributed by atoms with Crippen LogP contribution in [0.15, 0.2) is 52.2 Å². The Kier molecular flexibility index (Phi) is 5.90. The highest BCUT2D eigenvalue weighted by atomic mass is 16.8. The molecule has 2 aliphatic heterocycles. The molecule has 3 unspecified atom stereocenters. The molecule has 0 amide bonds. The fourth-order valence-corrected chi connectivity index (χ4v) is 3.90. The van der Waals surface area contributed by atoms with Crippen LogP contribution < -0.4 is 11.2 Å². The van der Waals surface area contributed by atoms with E-state index in [0.29, 0.717) is 13.2 Å². The summed E-state index contributed by atoms with van der Waals surface area (Å²) in [5.41, 5.74) is -0.0634. The summed E-state index contributed by atoms with van der Waals surface area (Å²) in [7, 11) is 1.54. The molecule has 4 rings (SSSR count). The van der Waals surface area contributed by atoms with Gasteiger partial charge in [0.25, 0.3) is 5.56 Å². The molecule has 1 N–H and O–H groups in total. The number of aromatic nitrogens is 2. The molecule has 0 spiro atoms. The largest absolute Gasteiger partial charge is 0.374 e. The lowest BCUT2D eigenvalue weighted by molar-refractivity contribution is -0.168. The lowest BCUT2D eigenvalue weighted by atomic mass is 10.1. The van der Waals surface area contributed by atoms with E-state index in [4.69, 9.17) is 23.7 Å². The van der Waals surface area contributed by atoms with Gasteiger partial charge in [0.05, 0.1) is 13.2 Å². The molecule has 1 aromatic heterocycles. The van der Waals surface area contributed by atoms with Crippen molar-refractivity contribution in [3.05, 3.63) is 69.0 Å². The van der Waals surface area contributed by atoms with Crippen LogP contribution in [0.1, 0.15) is 25.6 Å². The van der Waals surface area contributed by atoms with Gasteiger partial charge in [-0.3, -0.25) is 14.3 Å². The van der Waals surface area contributed by atoms with Crippen LogP contribution >= 0.6 is 0 Å². The smallest absolute Gasteiger partial charge is 0.330 e. The Bertz CT molecular complexity index is 971. The fourth-order valence-electron chi connectivity index (χ4n) is 3.90. The van der Waals surface area contributed by atoms with Gasteiger partial charge in [0, 0.05) is 19.4 Å². The molecule has 0 aliphatic carbocycles. The monoisotopic (exact) mass is 418 g/mol. The third kappa shape index (κ3) is 4.26. The normalized spacial score (nSPS) is 30.6. The van der Waals surface area contributed by atoms with E-state index in [0.717, 1.165) is 5.56 Å². The van der Waals surface area contributed by atoms with E-state index < -0.39 is 47.7 Å². The molecule has 0 radical (unpaired) electrons. The average molecular weight is 418 g/mol. The summed E-state index contributed by atoms with van der Waals surface area (Å²) in [6.45, 7) is 4.33. The maximum absolute atomic E-state index is 12.4. The number of nitrogens with one attached hydrogen (secondary N) is 1. The molecule has 0 saturated carbocycles. The Balaban J connectivity index is 1.63. The van der Waals surface area contributed by atoms with Gasteiger partial charge in [-0.15, -0.1) is 0 Å². The number of ether oxygens (including phenoxy) is 5. The van der Waals surface area contributed by atoms with Crippen LogP contribution in [0.3, 0.4) is 0 Å². The van der Waals surface area contributed by atoms with Gasteiger partial charge in [0.1, 0.15) is 24.4 Å². The second-order valence-corrected chi connectivity index (χ2v) is 7.84. The molecule has 5 atom stereocenters. The first-order chi connectivity index (χ1) is 14.4. The molecule has 2 aliphatic rings. The van der Waals surface area contributed by atoms with E-state index >= 15 is 0 Å². The number of hydrogen-bond donors (Lipinski definition) is 1. The Labute approximate surface area is 173 Å². The second kappa shape index (κ2) is 8.44. The highest BCUT2D eigenvalue weighted by Crippen LogP contribution is 2.38. The zero-order valence-electron chi connectivity index (χ0n) is 17.1. The van der Waals surface area contributed by atoms with Crippen molar-refractivity contribution in [3.63, 3.8) is 0 Å². The maximum Gasteiger partial charge on any atom is 0.330 e. The summed E-state index contributed by atoms with van der Waals surface area (Å²) in [6, 6.07) is 11.0. The van der Waals surface area contributed by atoms with Gasteiger partial charge in [0.2, 0.25) is 0 Å². The van der Waals surface area contributed by atoms with Crippen molar-refractivity contribution >= 4 is 0 Å². The molecule has 3 heterocycles. The predicted octanol–water partition coefficient (Wildman–Crippen LogP) is 1.19. The fraction of sp³-hybridized carbons (Fsp3) is 0.524. The lowest BCUT2D eigenvalue weighted by Crippen LogP contribution is -2.43. The number of methoxy groups -OCH3 is 1. The quantitative estimate of drug-likeness (QED) is 0.752. The number of benzene rings is 1. The first-order valence-corrected chi connectivity index (χ1v) is 9.85. The first kappa shape index (κ1) is 21.0.